The van der Waals surface area contributed by atoms with Crippen LogP contribution in [0.25, 0.3) is 0 Å². The number of benzene rings is 2. The second kappa shape index (κ2) is 13.3. The van der Waals surface area contributed by atoms with E-state index in [9.17, 15) is 18.3 Å². The summed E-state index contributed by atoms with van der Waals surface area (Å²) in [5.74, 6) is 0.512. The van der Waals surface area contributed by atoms with Crippen LogP contribution in [-0.2, 0) is 30.7 Å². The fourth-order valence-electron chi connectivity index (χ4n) is 5.04. The standard InChI is InChI=1S/C29H40N2O8S/c1-19(2)16-31(40(34,35)23-11-9-22(36-4)10-12-23)17-26(32)25(15-21-7-5-20(3)6-8-21)30-29(33)39-27-18-38-28-24(27)13-14-37-28/h5-12,19,24-28,32H,13-18H2,1-4H3,(H,30,33)/t24-,25-,26+,27-,28+/m0/s1. The number of nitrogens with one attached hydrogen (secondary N) is 1. The Labute approximate surface area is 236 Å². The molecule has 5 atom stereocenters. The molecular formula is C29H40N2O8S. The Morgan fingerprint density at radius 2 is 1.80 bits per heavy atom. The smallest absolute Gasteiger partial charge is 0.407 e. The highest BCUT2D eigenvalue weighted by Crippen LogP contribution is 2.33. The molecule has 2 N–H and O–H groups in total. The minimum absolute atomic E-state index is 0.00219. The lowest BCUT2D eigenvalue weighted by Gasteiger charge is -2.31. The minimum Gasteiger partial charge on any atom is -0.497 e. The zero-order valence-electron chi connectivity index (χ0n) is 23.5. The molecule has 0 spiro atoms. The molecule has 2 aliphatic rings. The molecule has 4 rings (SSSR count). The number of aryl methyl sites for hydroxylation is 1. The van der Waals surface area contributed by atoms with Gasteiger partial charge in [0.2, 0.25) is 10.0 Å². The monoisotopic (exact) mass is 576 g/mol. The van der Waals surface area contributed by atoms with Crippen LogP contribution in [0.3, 0.4) is 0 Å². The van der Waals surface area contributed by atoms with Crippen LogP contribution in [0.15, 0.2) is 53.4 Å². The quantitative estimate of drug-likeness (QED) is 0.395. The summed E-state index contributed by atoms with van der Waals surface area (Å²) in [6.45, 7) is 6.57. The SMILES string of the molecule is COc1ccc(S(=O)(=O)N(CC(C)C)C[C@@H](O)[C@H](Cc2ccc(C)cc2)NC(=O)O[C@H]2CO[C@H]3OCC[C@H]32)cc1. The number of sulfonamides is 1. The third-order valence-corrected chi connectivity index (χ3v) is 9.09. The van der Waals surface area contributed by atoms with E-state index in [1.807, 2.05) is 45.0 Å². The van der Waals surface area contributed by atoms with Gasteiger partial charge in [0.1, 0.15) is 11.9 Å². The van der Waals surface area contributed by atoms with Crippen molar-refractivity contribution < 1.29 is 37.3 Å². The van der Waals surface area contributed by atoms with E-state index in [1.54, 1.807) is 12.1 Å². The lowest BCUT2D eigenvalue weighted by atomic mass is 10.00. The van der Waals surface area contributed by atoms with Gasteiger partial charge in [-0.15, -0.1) is 0 Å². The molecule has 0 aromatic heterocycles. The molecule has 2 aromatic carbocycles. The van der Waals surface area contributed by atoms with Crippen molar-refractivity contribution in [2.75, 3.05) is 33.4 Å². The number of methoxy groups -OCH3 is 1. The van der Waals surface area contributed by atoms with Gasteiger partial charge < -0.3 is 29.4 Å². The van der Waals surface area contributed by atoms with E-state index in [2.05, 4.69) is 5.32 Å². The zero-order valence-corrected chi connectivity index (χ0v) is 24.3. The highest BCUT2D eigenvalue weighted by molar-refractivity contribution is 7.89. The summed E-state index contributed by atoms with van der Waals surface area (Å²) in [5, 5.41) is 14.2. The molecule has 2 saturated heterocycles. The molecule has 0 aliphatic carbocycles. The van der Waals surface area contributed by atoms with Crippen molar-refractivity contribution in [3.05, 3.63) is 59.7 Å². The van der Waals surface area contributed by atoms with Crippen LogP contribution >= 0.6 is 0 Å². The number of aliphatic hydroxyl groups excluding tert-OH is 1. The van der Waals surface area contributed by atoms with Crippen molar-refractivity contribution in [3.8, 4) is 5.75 Å². The number of rotatable bonds is 12. The molecular weight excluding hydrogens is 536 g/mol. The maximum absolute atomic E-state index is 13.6. The molecule has 11 heteroatoms. The van der Waals surface area contributed by atoms with E-state index in [0.29, 0.717) is 12.4 Å². The maximum atomic E-state index is 13.6. The Kier molecular flexibility index (Phi) is 10.1. The number of fused-ring (bicyclic) bond motifs is 1. The molecule has 0 saturated carbocycles. The average Bonchev–Trinajstić information content (AvgIpc) is 3.54. The van der Waals surface area contributed by atoms with Crippen LogP contribution in [0.5, 0.6) is 5.75 Å². The van der Waals surface area contributed by atoms with Gasteiger partial charge in [-0.1, -0.05) is 43.7 Å². The summed E-state index contributed by atoms with van der Waals surface area (Å²) in [6.07, 6.45) is -1.69. The fourth-order valence-corrected chi connectivity index (χ4v) is 6.66. The van der Waals surface area contributed by atoms with Crippen molar-refractivity contribution in [3.63, 3.8) is 0 Å². The molecule has 2 fully saturated rings. The predicted molar refractivity (Wildman–Crippen MR) is 148 cm³/mol. The summed E-state index contributed by atoms with van der Waals surface area (Å²) < 4.78 is 50.4. The van der Waals surface area contributed by atoms with Crippen LogP contribution in [0, 0.1) is 18.8 Å². The van der Waals surface area contributed by atoms with Crippen molar-refractivity contribution >= 4 is 16.1 Å². The van der Waals surface area contributed by atoms with Crippen LogP contribution in [-0.4, -0.2) is 81.9 Å². The summed E-state index contributed by atoms with van der Waals surface area (Å²) in [5.41, 5.74) is 1.97. The third-order valence-electron chi connectivity index (χ3n) is 7.24. The van der Waals surface area contributed by atoms with Crippen molar-refractivity contribution in [2.24, 2.45) is 11.8 Å². The zero-order chi connectivity index (χ0) is 28.9. The van der Waals surface area contributed by atoms with E-state index in [0.717, 1.165) is 17.5 Å². The Bertz CT molecular complexity index is 1220. The molecule has 40 heavy (non-hydrogen) atoms. The number of hydrogen-bond donors (Lipinski definition) is 2. The molecule has 0 unspecified atom stereocenters. The van der Waals surface area contributed by atoms with E-state index >= 15 is 0 Å². The van der Waals surface area contributed by atoms with E-state index in [1.165, 1.54) is 23.5 Å². The molecule has 10 nitrogen and oxygen atoms in total. The van der Waals surface area contributed by atoms with Crippen LogP contribution in [0.4, 0.5) is 4.79 Å². The predicted octanol–water partition coefficient (Wildman–Crippen LogP) is 3.11. The topological polar surface area (TPSA) is 124 Å². The van der Waals surface area contributed by atoms with Gasteiger partial charge in [0.25, 0.3) is 0 Å². The first-order valence-corrected chi connectivity index (χ1v) is 15.1. The van der Waals surface area contributed by atoms with Crippen LogP contribution in [0.1, 0.15) is 31.4 Å². The normalized spacial score (nSPS) is 22.2. The molecule has 2 aliphatic heterocycles. The number of alkyl carbamates (subject to hydrolysis) is 1. The Hall–Kier alpha value is -2.70. The largest absolute Gasteiger partial charge is 0.497 e. The molecule has 2 aromatic rings. The summed E-state index contributed by atoms with van der Waals surface area (Å²) in [6, 6.07) is 13.1. The summed E-state index contributed by atoms with van der Waals surface area (Å²) in [4.78, 5) is 13.1. The number of ether oxygens (including phenoxy) is 4. The van der Waals surface area contributed by atoms with E-state index in [-0.39, 0.29) is 49.1 Å². The van der Waals surface area contributed by atoms with Gasteiger partial charge in [-0.25, -0.2) is 13.2 Å². The van der Waals surface area contributed by atoms with Crippen LogP contribution < -0.4 is 10.1 Å². The van der Waals surface area contributed by atoms with Crippen molar-refractivity contribution in [1.29, 1.82) is 0 Å². The lowest BCUT2D eigenvalue weighted by molar-refractivity contribution is -0.0907. The molecule has 220 valence electrons. The second-order valence-corrected chi connectivity index (χ2v) is 12.8. The third kappa shape index (κ3) is 7.52. The van der Waals surface area contributed by atoms with Crippen molar-refractivity contribution in [2.45, 2.75) is 63.0 Å². The molecule has 1 amide bonds. The van der Waals surface area contributed by atoms with Gasteiger partial charge in [-0.05, 0) is 55.5 Å². The summed E-state index contributed by atoms with van der Waals surface area (Å²) >= 11 is 0. The first-order valence-electron chi connectivity index (χ1n) is 13.6. The number of carbonyl (C=O) groups excluding carboxylic acids is 1. The van der Waals surface area contributed by atoms with E-state index < -0.39 is 34.4 Å². The Morgan fingerprint density at radius 1 is 1.10 bits per heavy atom. The van der Waals surface area contributed by atoms with Gasteiger partial charge in [0.05, 0.1) is 43.3 Å². The molecule has 2 heterocycles. The van der Waals surface area contributed by atoms with Gasteiger partial charge in [0.15, 0.2) is 6.29 Å². The van der Waals surface area contributed by atoms with Gasteiger partial charge in [-0.2, -0.15) is 4.31 Å². The number of carbonyl (C=O) groups is 1. The second-order valence-electron chi connectivity index (χ2n) is 10.9. The molecule has 0 bridgehead atoms. The van der Waals surface area contributed by atoms with Gasteiger partial charge in [0, 0.05) is 13.1 Å². The highest BCUT2D eigenvalue weighted by atomic mass is 32.2. The number of aliphatic hydroxyl groups is 1. The average molecular weight is 577 g/mol. The number of hydrogen-bond acceptors (Lipinski definition) is 8. The van der Waals surface area contributed by atoms with Gasteiger partial charge >= 0.3 is 6.09 Å². The lowest BCUT2D eigenvalue weighted by Crippen LogP contribution is -2.51. The highest BCUT2D eigenvalue weighted by Gasteiger charge is 2.44. The van der Waals surface area contributed by atoms with Gasteiger partial charge in [-0.3, -0.25) is 0 Å². The van der Waals surface area contributed by atoms with Crippen LogP contribution in [0.2, 0.25) is 0 Å². The van der Waals surface area contributed by atoms with E-state index in [4.69, 9.17) is 18.9 Å². The number of nitrogens with zero attached hydrogens (tertiary/aromatic N) is 1. The first kappa shape index (κ1) is 30.3. The first-order chi connectivity index (χ1) is 19.1. The maximum Gasteiger partial charge on any atom is 0.407 e. The number of amides is 1. The fraction of sp³-hybridized carbons (Fsp3) is 0.552. The molecule has 0 radical (unpaired) electrons. The summed E-state index contributed by atoms with van der Waals surface area (Å²) in [7, 11) is -2.43. The van der Waals surface area contributed by atoms with Crippen molar-refractivity contribution in [1.82, 2.24) is 9.62 Å². The Balaban J connectivity index is 1.52. The Morgan fingerprint density at radius 3 is 2.45 bits per heavy atom. The minimum atomic E-state index is -3.94.